The van der Waals surface area contributed by atoms with Gasteiger partial charge in [0.2, 0.25) is 0 Å². The molecular weight excluding hydrogens is 282 g/mol. The minimum Gasteiger partial charge on any atom is -0.478 e. The molecule has 6 heteroatoms. The molecule has 0 fully saturated rings. The topological polar surface area (TPSA) is 79.5 Å². The van der Waals surface area contributed by atoms with Crippen LogP contribution in [0.15, 0.2) is 41.0 Å². The van der Waals surface area contributed by atoms with Crippen molar-refractivity contribution in [3.05, 3.63) is 58.5 Å². The maximum absolute atomic E-state index is 11.9. The Balaban J connectivity index is 2.11. The van der Waals surface area contributed by atoms with Gasteiger partial charge in [-0.2, -0.15) is 0 Å². The number of carbonyl (C=O) groups is 2. The van der Waals surface area contributed by atoms with E-state index in [0.717, 1.165) is 11.8 Å². The first-order valence-electron chi connectivity index (χ1n) is 5.86. The molecule has 104 valence electrons. The number of hydrogen-bond acceptors (Lipinski definition) is 3. The first kappa shape index (κ1) is 14.1. The fourth-order valence-electron chi connectivity index (χ4n) is 1.74. The third kappa shape index (κ3) is 3.00. The summed E-state index contributed by atoms with van der Waals surface area (Å²) in [5, 5.41) is 12.0. The Morgan fingerprint density at radius 2 is 2.05 bits per heavy atom. The molecule has 1 unspecified atom stereocenters. The second kappa shape index (κ2) is 5.79. The van der Waals surface area contributed by atoms with Crippen molar-refractivity contribution < 1.29 is 19.1 Å². The standard InChI is InChI=1S/C14H12ClNO4/c1-8(10-4-2-3-5-11(10)15)16-13(17)12-6-9(7-20-12)14(18)19/h2-8H,1H3,(H,16,17)(H,18,19). The molecule has 0 aliphatic rings. The van der Waals surface area contributed by atoms with E-state index in [1.807, 2.05) is 6.07 Å². The summed E-state index contributed by atoms with van der Waals surface area (Å²) in [6.07, 6.45) is 1.03. The van der Waals surface area contributed by atoms with Gasteiger partial charge >= 0.3 is 5.97 Å². The van der Waals surface area contributed by atoms with Crippen LogP contribution in [0.3, 0.4) is 0 Å². The van der Waals surface area contributed by atoms with E-state index >= 15 is 0 Å². The summed E-state index contributed by atoms with van der Waals surface area (Å²) >= 11 is 6.04. The molecule has 2 N–H and O–H groups in total. The van der Waals surface area contributed by atoms with Crippen LogP contribution in [-0.4, -0.2) is 17.0 Å². The Morgan fingerprint density at radius 1 is 1.35 bits per heavy atom. The lowest BCUT2D eigenvalue weighted by atomic mass is 10.1. The number of aromatic carboxylic acids is 1. The summed E-state index contributed by atoms with van der Waals surface area (Å²) in [6.45, 7) is 1.78. The molecule has 1 aromatic heterocycles. The molecule has 0 saturated carbocycles. The van der Waals surface area contributed by atoms with Gasteiger partial charge in [0.15, 0.2) is 5.76 Å². The Hall–Kier alpha value is -2.27. The summed E-state index contributed by atoms with van der Waals surface area (Å²) in [7, 11) is 0. The summed E-state index contributed by atoms with van der Waals surface area (Å²) in [5.74, 6) is -1.70. The van der Waals surface area contributed by atoms with Gasteiger partial charge in [0.05, 0.1) is 11.6 Å². The van der Waals surface area contributed by atoms with Crippen molar-refractivity contribution in [2.75, 3.05) is 0 Å². The number of amides is 1. The lowest BCUT2D eigenvalue weighted by Gasteiger charge is -2.14. The van der Waals surface area contributed by atoms with Gasteiger partial charge in [-0.25, -0.2) is 4.79 Å². The average Bonchev–Trinajstić information content (AvgIpc) is 2.88. The van der Waals surface area contributed by atoms with Crippen molar-refractivity contribution in [1.82, 2.24) is 5.32 Å². The highest BCUT2D eigenvalue weighted by molar-refractivity contribution is 6.31. The van der Waals surface area contributed by atoms with Gasteiger partial charge < -0.3 is 14.8 Å². The molecule has 0 spiro atoms. The van der Waals surface area contributed by atoms with Gasteiger partial charge in [-0.1, -0.05) is 29.8 Å². The van der Waals surface area contributed by atoms with Gasteiger partial charge in [-0.3, -0.25) is 4.79 Å². The monoisotopic (exact) mass is 293 g/mol. The van der Waals surface area contributed by atoms with E-state index in [9.17, 15) is 9.59 Å². The van der Waals surface area contributed by atoms with Crippen LogP contribution in [-0.2, 0) is 0 Å². The summed E-state index contributed by atoms with van der Waals surface area (Å²) in [6, 6.07) is 8.00. The lowest BCUT2D eigenvalue weighted by Crippen LogP contribution is -2.26. The molecule has 1 atom stereocenters. The molecule has 5 nitrogen and oxygen atoms in total. The SMILES string of the molecule is CC(NC(=O)c1cc(C(=O)O)co1)c1ccccc1Cl. The van der Waals surface area contributed by atoms with E-state index in [-0.39, 0.29) is 17.4 Å². The average molecular weight is 294 g/mol. The zero-order chi connectivity index (χ0) is 14.7. The minimum absolute atomic E-state index is 0.0543. The van der Waals surface area contributed by atoms with Crippen LogP contribution in [0.4, 0.5) is 0 Å². The largest absolute Gasteiger partial charge is 0.478 e. The van der Waals surface area contributed by atoms with Crippen LogP contribution in [0.1, 0.15) is 39.4 Å². The summed E-state index contributed by atoms with van der Waals surface area (Å²) in [5.41, 5.74) is 0.702. The number of hydrogen-bond donors (Lipinski definition) is 2. The number of halogens is 1. The van der Waals surface area contributed by atoms with Crippen molar-refractivity contribution in [3.63, 3.8) is 0 Å². The second-order valence-electron chi connectivity index (χ2n) is 4.22. The molecule has 0 aliphatic carbocycles. The van der Waals surface area contributed by atoms with E-state index in [4.69, 9.17) is 21.1 Å². The van der Waals surface area contributed by atoms with Crippen LogP contribution < -0.4 is 5.32 Å². The quantitative estimate of drug-likeness (QED) is 0.907. The molecule has 0 bridgehead atoms. The Bertz CT molecular complexity index is 650. The smallest absolute Gasteiger partial charge is 0.338 e. The fourth-order valence-corrected chi connectivity index (χ4v) is 2.04. The zero-order valence-corrected chi connectivity index (χ0v) is 11.3. The van der Waals surface area contributed by atoms with Gasteiger partial charge in [-0.05, 0) is 18.6 Å². The minimum atomic E-state index is -1.15. The highest BCUT2D eigenvalue weighted by atomic mass is 35.5. The van der Waals surface area contributed by atoms with Crippen LogP contribution in [0, 0.1) is 0 Å². The number of carboxylic acid groups (broad SMARTS) is 1. The maximum Gasteiger partial charge on any atom is 0.338 e. The zero-order valence-electron chi connectivity index (χ0n) is 10.6. The number of nitrogens with one attached hydrogen (secondary N) is 1. The Labute approximate surface area is 120 Å². The fraction of sp³-hybridized carbons (Fsp3) is 0.143. The normalized spacial score (nSPS) is 11.9. The van der Waals surface area contributed by atoms with E-state index in [2.05, 4.69) is 5.32 Å². The van der Waals surface area contributed by atoms with Crippen LogP contribution in [0.25, 0.3) is 0 Å². The molecule has 0 radical (unpaired) electrons. The molecule has 1 heterocycles. The predicted octanol–water partition coefficient (Wildman–Crippen LogP) is 3.12. The van der Waals surface area contributed by atoms with Gasteiger partial charge in [0, 0.05) is 11.1 Å². The van der Waals surface area contributed by atoms with E-state index < -0.39 is 11.9 Å². The molecular formula is C14H12ClNO4. The van der Waals surface area contributed by atoms with Crippen molar-refractivity contribution in [2.24, 2.45) is 0 Å². The molecule has 1 amide bonds. The lowest BCUT2D eigenvalue weighted by molar-refractivity contribution is 0.0695. The second-order valence-corrected chi connectivity index (χ2v) is 4.63. The molecule has 0 saturated heterocycles. The first-order valence-corrected chi connectivity index (χ1v) is 6.24. The van der Waals surface area contributed by atoms with Crippen LogP contribution in [0.5, 0.6) is 0 Å². The van der Waals surface area contributed by atoms with Gasteiger partial charge in [-0.15, -0.1) is 0 Å². The molecule has 1 aromatic carbocycles. The van der Waals surface area contributed by atoms with Gasteiger partial charge in [0.25, 0.3) is 5.91 Å². The number of carboxylic acids is 1. The van der Waals surface area contributed by atoms with E-state index in [1.54, 1.807) is 25.1 Å². The Kier molecular flexibility index (Phi) is 4.10. The summed E-state index contributed by atoms with van der Waals surface area (Å²) in [4.78, 5) is 22.7. The Morgan fingerprint density at radius 3 is 2.65 bits per heavy atom. The third-order valence-corrected chi connectivity index (χ3v) is 3.13. The molecule has 20 heavy (non-hydrogen) atoms. The van der Waals surface area contributed by atoms with Crippen molar-refractivity contribution in [2.45, 2.75) is 13.0 Å². The van der Waals surface area contributed by atoms with Crippen molar-refractivity contribution in [1.29, 1.82) is 0 Å². The molecule has 2 aromatic rings. The number of carbonyl (C=O) groups excluding carboxylic acids is 1. The highest BCUT2D eigenvalue weighted by Gasteiger charge is 2.18. The van der Waals surface area contributed by atoms with Crippen LogP contribution >= 0.6 is 11.6 Å². The van der Waals surface area contributed by atoms with E-state index in [0.29, 0.717) is 5.02 Å². The number of furan rings is 1. The van der Waals surface area contributed by atoms with Crippen LogP contribution in [0.2, 0.25) is 5.02 Å². The summed E-state index contributed by atoms with van der Waals surface area (Å²) < 4.78 is 4.93. The maximum atomic E-state index is 11.9. The highest BCUT2D eigenvalue weighted by Crippen LogP contribution is 2.22. The molecule has 2 rings (SSSR count). The van der Waals surface area contributed by atoms with Crippen molar-refractivity contribution in [3.8, 4) is 0 Å². The number of benzene rings is 1. The predicted molar refractivity (Wildman–Crippen MR) is 73.0 cm³/mol. The third-order valence-electron chi connectivity index (χ3n) is 2.79. The van der Waals surface area contributed by atoms with E-state index in [1.165, 1.54) is 6.07 Å². The first-order chi connectivity index (χ1) is 9.49. The number of rotatable bonds is 4. The molecule has 0 aliphatic heterocycles. The van der Waals surface area contributed by atoms with Gasteiger partial charge in [0.1, 0.15) is 6.26 Å². The van der Waals surface area contributed by atoms with Crippen molar-refractivity contribution >= 4 is 23.5 Å².